The first-order valence-electron chi connectivity index (χ1n) is 8.60. The second-order valence-electron chi connectivity index (χ2n) is 6.07. The van der Waals surface area contributed by atoms with Gasteiger partial charge in [-0.2, -0.15) is 5.10 Å². The number of pyridine rings is 2. The molecule has 5 nitrogen and oxygen atoms in total. The fourth-order valence-corrected chi connectivity index (χ4v) is 3.03. The summed E-state index contributed by atoms with van der Waals surface area (Å²) in [4.78, 5) is 21.5. The van der Waals surface area contributed by atoms with Gasteiger partial charge in [-0.1, -0.05) is 48.0 Å². The van der Waals surface area contributed by atoms with Gasteiger partial charge in [0.2, 0.25) is 0 Å². The van der Waals surface area contributed by atoms with Crippen molar-refractivity contribution in [2.75, 3.05) is 0 Å². The summed E-state index contributed by atoms with van der Waals surface area (Å²) in [6.07, 6.45) is 4.89. The Morgan fingerprint density at radius 2 is 1.93 bits per heavy atom. The average molecular weight is 387 g/mol. The summed E-state index contributed by atoms with van der Waals surface area (Å²) in [6, 6.07) is 20.3. The standard InChI is InChI=1S/C22H15ClN4O/c23-17-7-3-6-16(11-17)21-12-19(18-8-1-2-9-20(18)26-21)22(28)27-25-14-15-5-4-10-24-13-15/h1-14H,(H,27,28). The maximum Gasteiger partial charge on any atom is 0.272 e. The van der Waals surface area contributed by atoms with E-state index in [2.05, 4.69) is 20.5 Å². The van der Waals surface area contributed by atoms with Gasteiger partial charge >= 0.3 is 0 Å². The van der Waals surface area contributed by atoms with Crippen molar-refractivity contribution in [3.63, 3.8) is 0 Å². The SMILES string of the molecule is O=C(NN=Cc1cccnc1)c1cc(-c2cccc(Cl)c2)nc2ccccc12. The lowest BCUT2D eigenvalue weighted by Crippen LogP contribution is -2.18. The molecule has 2 heterocycles. The highest BCUT2D eigenvalue weighted by Crippen LogP contribution is 2.26. The summed E-state index contributed by atoms with van der Waals surface area (Å²) >= 11 is 6.11. The summed E-state index contributed by atoms with van der Waals surface area (Å²) in [5.74, 6) is -0.318. The van der Waals surface area contributed by atoms with E-state index in [1.54, 1.807) is 36.8 Å². The third-order valence-electron chi connectivity index (χ3n) is 4.15. The predicted octanol–water partition coefficient (Wildman–Crippen LogP) is 4.71. The fourth-order valence-electron chi connectivity index (χ4n) is 2.84. The summed E-state index contributed by atoms with van der Waals surface area (Å²) in [6.45, 7) is 0. The number of benzene rings is 2. The van der Waals surface area contributed by atoms with Crippen LogP contribution in [-0.2, 0) is 0 Å². The van der Waals surface area contributed by atoms with Crippen molar-refractivity contribution in [2.45, 2.75) is 0 Å². The van der Waals surface area contributed by atoms with E-state index in [9.17, 15) is 4.79 Å². The van der Waals surface area contributed by atoms with Gasteiger partial charge < -0.3 is 0 Å². The molecular formula is C22H15ClN4O. The largest absolute Gasteiger partial charge is 0.272 e. The molecular weight excluding hydrogens is 372 g/mol. The van der Waals surface area contributed by atoms with Crippen LogP contribution in [-0.4, -0.2) is 22.1 Å². The number of nitrogens with zero attached hydrogens (tertiary/aromatic N) is 3. The fraction of sp³-hybridized carbons (Fsp3) is 0. The molecule has 0 unspecified atom stereocenters. The molecule has 2 aromatic carbocycles. The van der Waals surface area contributed by atoms with Gasteiger partial charge in [0.25, 0.3) is 5.91 Å². The maximum absolute atomic E-state index is 12.8. The number of aromatic nitrogens is 2. The van der Waals surface area contributed by atoms with Crippen molar-refractivity contribution >= 4 is 34.6 Å². The van der Waals surface area contributed by atoms with Crippen molar-refractivity contribution < 1.29 is 4.79 Å². The molecule has 0 atom stereocenters. The summed E-state index contributed by atoms with van der Waals surface area (Å²) in [5, 5.41) is 5.40. The van der Waals surface area contributed by atoms with Crippen molar-refractivity contribution in [1.29, 1.82) is 0 Å². The average Bonchev–Trinajstić information content (AvgIpc) is 2.73. The highest BCUT2D eigenvalue weighted by molar-refractivity contribution is 6.30. The number of hydrogen-bond donors (Lipinski definition) is 1. The van der Waals surface area contributed by atoms with Crippen LogP contribution in [0.3, 0.4) is 0 Å². The van der Waals surface area contributed by atoms with Crippen molar-refractivity contribution in [3.8, 4) is 11.3 Å². The van der Waals surface area contributed by atoms with E-state index < -0.39 is 0 Å². The molecule has 1 amide bonds. The molecule has 4 rings (SSSR count). The van der Waals surface area contributed by atoms with E-state index in [4.69, 9.17) is 11.6 Å². The predicted molar refractivity (Wildman–Crippen MR) is 111 cm³/mol. The van der Waals surface area contributed by atoms with Crippen LogP contribution < -0.4 is 5.43 Å². The Morgan fingerprint density at radius 3 is 2.75 bits per heavy atom. The van der Waals surface area contributed by atoms with E-state index in [1.165, 1.54) is 0 Å². The molecule has 0 aliphatic heterocycles. The molecule has 0 spiro atoms. The minimum Gasteiger partial charge on any atom is -0.267 e. The van der Waals surface area contributed by atoms with Crippen LogP contribution in [0.5, 0.6) is 0 Å². The Morgan fingerprint density at radius 1 is 1.04 bits per heavy atom. The van der Waals surface area contributed by atoms with Gasteiger partial charge in [-0.15, -0.1) is 0 Å². The van der Waals surface area contributed by atoms with Gasteiger partial charge in [0, 0.05) is 33.9 Å². The Kier molecular flexibility index (Phi) is 5.08. The molecule has 0 saturated carbocycles. The quantitative estimate of drug-likeness (QED) is 0.408. The number of hydrazone groups is 1. The highest BCUT2D eigenvalue weighted by atomic mass is 35.5. The van der Waals surface area contributed by atoms with Gasteiger partial charge in [0.1, 0.15) is 0 Å². The number of carbonyl (C=O) groups is 1. The van der Waals surface area contributed by atoms with Crippen LogP contribution in [0, 0.1) is 0 Å². The van der Waals surface area contributed by atoms with E-state index in [0.717, 1.165) is 22.0 Å². The second-order valence-corrected chi connectivity index (χ2v) is 6.50. The molecule has 0 fully saturated rings. The zero-order chi connectivity index (χ0) is 19.3. The minimum absolute atomic E-state index is 0.318. The first-order valence-corrected chi connectivity index (χ1v) is 8.98. The van der Waals surface area contributed by atoms with Crippen LogP contribution in [0.4, 0.5) is 0 Å². The van der Waals surface area contributed by atoms with Gasteiger partial charge in [0.15, 0.2) is 0 Å². The lowest BCUT2D eigenvalue weighted by Gasteiger charge is -2.09. The monoisotopic (exact) mass is 386 g/mol. The number of hydrogen-bond acceptors (Lipinski definition) is 4. The zero-order valence-corrected chi connectivity index (χ0v) is 15.5. The first-order chi connectivity index (χ1) is 13.7. The number of carbonyl (C=O) groups excluding carboxylic acids is 1. The van der Waals surface area contributed by atoms with Crippen LogP contribution in [0.2, 0.25) is 5.02 Å². The summed E-state index contributed by atoms with van der Waals surface area (Å²) < 4.78 is 0. The molecule has 28 heavy (non-hydrogen) atoms. The van der Waals surface area contributed by atoms with Gasteiger partial charge in [-0.3, -0.25) is 9.78 Å². The zero-order valence-electron chi connectivity index (χ0n) is 14.7. The molecule has 0 aliphatic rings. The Bertz CT molecular complexity index is 1180. The molecule has 136 valence electrons. The molecule has 4 aromatic rings. The number of fused-ring (bicyclic) bond motifs is 1. The van der Waals surface area contributed by atoms with E-state index in [-0.39, 0.29) is 5.91 Å². The number of nitrogens with one attached hydrogen (secondary N) is 1. The van der Waals surface area contributed by atoms with E-state index >= 15 is 0 Å². The third kappa shape index (κ3) is 3.89. The summed E-state index contributed by atoms with van der Waals surface area (Å²) in [5.41, 5.74) is 6.09. The number of amides is 1. The summed E-state index contributed by atoms with van der Waals surface area (Å²) in [7, 11) is 0. The number of para-hydroxylation sites is 1. The maximum atomic E-state index is 12.8. The van der Waals surface area contributed by atoms with Gasteiger partial charge in [-0.05, 0) is 30.3 Å². The smallest absolute Gasteiger partial charge is 0.267 e. The number of rotatable bonds is 4. The molecule has 1 N–H and O–H groups in total. The third-order valence-corrected chi connectivity index (χ3v) is 4.38. The molecule has 0 aliphatic carbocycles. The van der Waals surface area contributed by atoms with Crippen LogP contribution in [0.1, 0.15) is 15.9 Å². The van der Waals surface area contributed by atoms with Crippen molar-refractivity contribution in [3.05, 3.63) is 95.3 Å². The van der Waals surface area contributed by atoms with E-state index in [0.29, 0.717) is 16.3 Å². The van der Waals surface area contributed by atoms with Crippen LogP contribution in [0.15, 0.2) is 84.2 Å². The molecule has 0 bridgehead atoms. The van der Waals surface area contributed by atoms with Crippen LogP contribution in [0.25, 0.3) is 22.2 Å². The Labute approximate surface area is 166 Å². The van der Waals surface area contributed by atoms with Crippen molar-refractivity contribution in [2.24, 2.45) is 5.10 Å². The molecule has 6 heteroatoms. The molecule has 2 aromatic heterocycles. The lowest BCUT2D eigenvalue weighted by molar-refractivity contribution is 0.0956. The first kappa shape index (κ1) is 17.8. The van der Waals surface area contributed by atoms with Gasteiger partial charge in [0.05, 0.1) is 23.0 Å². The Balaban J connectivity index is 1.70. The van der Waals surface area contributed by atoms with Gasteiger partial charge in [-0.25, -0.2) is 10.4 Å². The lowest BCUT2D eigenvalue weighted by atomic mass is 10.0. The second kappa shape index (κ2) is 7.98. The molecule has 0 radical (unpaired) electrons. The number of halogens is 1. The van der Waals surface area contributed by atoms with Crippen LogP contribution >= 0.6 is 11.6 Å². The Hall–Kier alpha value is -3.57. The van der Waals surface area contributed by atoms with E-state index in [1.807, 2.05) is 48.5 Å². The van der Waals surface area contributed by atoms with Crippen molar-refractivity contribution in [1.82, 2.24) is 15.4 Å². The normalized spacial score (nSPS) is 11.0. The molecule has 0 saturated heterocycles. The topological polar surface area (TPSA) is 67.2 Å². The minimum atomic E-state index is -0.318. The highest BCUT2D eigenvalue weighted by Gasteiger charge is 2.13.